The average Bonchev–Trinajstić information content (AvgIpc) is 3.37. The third-order valence-electron chi connectivity index (χ3n) is 5.12. The first-order valence-corrected chi connectivity index (χ1v) is 10.0. The summed E-state index contributed by atoms with van der Waals surface area (Å²) in [7, 11) is 1.44. The lowest BCUT2D eigenvalue weighted by molar-refractivity contribution is -0.132. The fraction of sp³-hybridized carbons (Fsp3) is 0.130. The van der Waals surface area contributed by atoms with Crippen molar-refractivity contribution in [2.75, 3.05) is 12.0 Å². The van der Waals surface area contributed by atoms with Crippen molar-refractivity contribution in [1.82, 2.24) is 0 Å². The van der Waals surface area contributed by atoms with Gasteiger partial charge in [0, 0.05) is 16.3 Å². The van der Waals surface area contributed by atoms with E-state index in [0.717, 1.165) is 5.56 Å². The number of furan rings is 1. The smallest absolute Gasteiger partial charge is 0.300 e. The summed E-state index contributed by atoms with van der Waals surface area (Å²) in [6.45, 7) is 1.83. The van der Waals surface area contributed by atoms with Gasteiger partial charge in [-0.15, -0.1) is 0 Å². The fourth-order valence-corrected chi connectivity index (χ4v) is 3.88. The lowest BCUT2D eigenvalue weighted by Crippen LogP contribution is -2.29. The summed E-state index contributed by atoms with van der Waals surface area (Å²) >= 11 is 12.3. The molecule has 0 bridgehead atoms. The second-order valence-electron chi connectivity index (χ2n) is 6.97. The zero-order valence-corrected chi connectivity index (χ0v) is 18.1. The number of amides is 1. The van der Waals surface area contributed by atoms with Crippen molar-refractivity contribution in [3.63, 3.8) is 0 Å². The summed E-state index contributed by atoms with van der Waals surface area (Å²) in [4.78, 5) is 27.3. The third-order valence-corrected chi connectivity index (χ3v) is 5.83. The number of anilines is 1. The summed E-state index contributed by atoms with van der Waals surface area (Å²) in [6.07, 6.45) is 1.43. The van der Waals surface area contributed by atoms with Crippen LogP contribution in [0.25, 0.3) is 5.76 Å². The number of Topliss-reactive ketones (excluding diaryl/α,β-unsaturated/α-hetero) is 1. The van der Waals surface area contributed by atoms with Crippen LogP contribution in [-0.2, 0) is 9.59 Å². The van der Waals surface area contributed by atoms with Crippen molar-refractivity contribution in [3.05, 3.63) is 87.3 Å². The highest BCUT2D eigenvalue weighted by Gasteiger charge is 2.48. The topological polar surface area (TPSA) is 80.0 Å². The fourth-order valence-electron chi connectivity index (χ4n) is 3.51. The van der Waals surface area contributed by atoms with Crippen molar-refractivity contribution < 1.29 is 23.8 Å². The monoisotopic (exact) mass is 457 g/mol. The molecule has 1 saturated heterocycles. The maximum absolute atomic E-state index is 13.0. The zero-order chi connectivity index (χ0) is 22.3. The highest BCUT2D eigenvalue weighted by molar-refractivity contribution is 6.51. The van der Waals surface area contributed by atoms with E-state index in [9.17, 15) is 14.7 Å². The van der Waals surface area contributed by atoms with Crippen LogP contribution in [0.2, 0.25) is 10.0 Å². The minimum atomic E-state index is -0.976. The van der Waals surface area contributed by atoms with E-state index in [1.165, 1.54) is 36.5 Å². The Morgan fingerprint density at radius 3 is 2.52 bits per heavy atom. The normalized spacial score (nSPS) is 17.9. The number of aryl methyl sites for hydroxylation is 1. The number of carbonyl (C=O) groups is 2. The number of hydrogen-bond donors (Lipinski definition) is 1. The molecule has 1 aromatic heterocycles. The van der Waals surface area contributed by atoms with Gasteiger partial charge in [-0.2, -0.15) is 0 Å². The van der Waals surface area contributed by atoms with Crippen molar-refractivity contribution in [1.29, 1.82) is 0 Å². The summed E-state index contributed by atoms with van der Waals surface area (Å²) in [6, 6.07) is 11.9. The summed E-state index contributed by atoms with van der Waals surface area (Å²) in [5, 5.41) is 11.9. The van der Waals surface area contributed by atoms with Gasteiger partial charge >= 0.3 is 0 Å². The molecule has 6 nitrogen and oxygen atoms in total. The molecule has 2 aromatic carbocycles. The maximum Gasteiger partial charge on any atom is 0.300 e. The number of aliphatic hydroxyl groups excluding tert-OH is 1. The molecule has 0 radical (unpaired) electrons. The standard InChI is InChI=1S/C23H17Cl2NO5/c1-12-5-7-14(11-16(12)25)26-20(17-4-3-9-31-17)19(22(28)23(26)29)21(27)13-6-8-15(24)18(10-13)30-2/h3-11,20,27H,1-2H3/b21-19-. The van der Waals surface area contributed by atoms with Crippen molar-refractivity contribution in [2.45, 2.75) is 13.0 Å². The van der Waals surface area contributed by atoms with E-state index < -0.39 is 17.7 Å². The molecule has 3 aromatic rings. The van der Waals surface area contributed by atoms with Gasteiger partial charge in [-0.3, -0.25) is 14.5 Å². The summed E-state index contributed by atoms with van der Waals surface area (Å²) in [5.74, 6) is -1.37. The maximum atomic E-state index is 13.0. The van der Waals surface area contributed by atoms with Gasteiger partial charge in [0.2, 0.25) is 0 Å². The van der Waals surface area contributed by atoms with Crippen LogP contribution in [0.1, 0.15) is 22.9 Å². The number of ketones is 1. The van der Waals surface area contributed by atoms with Crippen molar-refractivity contribution in [2.24, 2.45) is 0 Å². The van der Waals surface area contributed by atoms with Crippen LogP contribution in [0.3, 0.4) is 0 Å². The summed E-state index contributed by atoms with van der Waals surface area (Å²) < 4.78 is 10.7. The van der Waals surface area contributed by atoms with Crippen molar-refractivity contribution >= 4 is 46.3 Å². The molecule has 158 valence electrons. The number of rotatable bonds is 4. The first kappa shape index (κ1) is 21.0. The molecular formula is C23H17Cl2NO5. The number of carbonyl (C=O) groups excluding carboxylic acids is 2. The van der Waals surface area contributed by atoms with E-state index in [1.807, 2.05) is 6.92 Å². The van der Waals surface area contributed by atoms with Crippen LogP contribution in [-0.4, -0.2) is 23.9 Å². The van der Waals surface area contributed by atoms with Crippen LogP contribution in [0.5, 0.6) is 5.75 Å². The van der Waals surface area contributed by atoms with Gasteiger partial charge in [0.25, 0.3) is 11.7 Å². The van der Waals surface area contributed by atoms with E-state index >= 15 is 0 Å². The molecule has 1 amide bonds. The average molecular weight is 458 g/mol. The minimum absolute atomic E-state index is 0.110. The SMILES string of the molecule is COc1cc(/C(O)=C2/C(=O)C(=O)N(c3ccc(C)c(Cl)c3)C2c2ccco2)ccc1Cl. The second kappa shape index (κ2) is 8.13. The first-order chi connectivity index (χ1) is 14.8. The Kier molecular flexibility index (Phi) is 5.52. The quantitative estimate of drug-likeness (QED) is 0.316. The van der Waals surface area contributed by atoms with Gasteiger partial charge < -0.3 is 14.3 Å². The number of nitrogens with zero attached hydrogens (tertiary/aromatic N) is 1. The third kappa shape index (κ3) is 3.58. The van der Waals surface area contributed by atoms with Crippen LogP contribution < -0.4 is 9.64 Å². The molecule has 1 aliphatic heterocycles. The number of halogens is 2. The van der Waals surface area contributed by atoms with Crippen molar-refractivity contribution in [3.8, 4) is 5.75 Å². The second-order valence-corrected chi connectivity index (χ2v) is 7.78. The van der Waals surface area contributed by atoms with Crippen LogP contribution >= 0.6 is 23.2 Å². The summed E-state index contributed by atoms with van der Waals surface area (Å²) in [5.41, 5.74) is 1.40. The largest absolute Gasteiger partial charge is 0.507 e. The molecule has 1 aliphatic rings. The van der Waals surface area contributed by atoms with Gasteiger partial charge in [0.15, 0.2) is 0 Å². The predicted octanol–water partition coefficient (Wildman–Crippen LogP) is 5.53. The van der Waals surface area contributed by atoms with Crippen LogP contribution in [0.15, 0.2) is 64.8 Å². The lowest BCUT2D eigenvalue weighted by atomic mass is 9.99. The molecule has 4 rings (SSSR count). The molecule has 1 unspecified atom stereocenters. The minimum Gasteiger partial charge on any atom is -0.507 e. The molecule has 1 fully saturated rings. The molecule has 0 aliphatic carbocycles. The Balaban J connectivity index is 1.93. The lowest BCUT2D eigenvalue weighted by Gasteiger charge is -2.23. The van der Waals surface area contributed by atoms with E-state index in [-0.39, 0.29) is 16.9 Å². The van der Waals surface area contributed by atoms with Gasteiger partial charge in [-0.1, -0.05) is 29.3 Å². The Bertz CT molecular complexity index is 1220. The van der Waals surface area contributed by atoms with Gasteiger partial charge in [-0.05, 0) is 55.0 Å². The van der Waals surface area contributed by atoms with Gasteiger partial charge in [-0.25, -0.2) is 0 Å². The Morgan fingerprint density at radius 2 is 1.87 bits per heavy atom. The van der Waals surface area contributed by atoms with Gasteiger partial charge in [0.05, 0.1) is 24.0 Å². The van der Waals surface area contributed by atoms with E-state index in [1.54, 1.807) is 30.3 Å². The number of benzene rings is 2. The Labute approximate surface area is 188 Å². The highest BCUT2D eigenvalue weighted by atomic mass is 35.5. The molecule has 8 heteroatoms. The van der Waals surface area contributed by atoms with Crippen LogP contribution in [0.4, 0.5) is 5.69 Å². The number of ether oxygens (including phenoxy) is 1. The number of hydrogen-bond acceptors (Lipinski definition) is 5. The Morgan fingerprint density at radius 1 is 1.10 bits per heavy atom. The number of aliphatic hydroxyl groups is 1. The highest BCUT2D eigenvalue weighted by Crippen LogP contribution is 2.43. The Hall–Kier alpha value is -3.22. The molecule has 1 N–H and O–H groups in total. The molecule has 0 spiro atoms. The molecular weight excluding hydrogens is 441 g/mol. The van der Waals surface area contributed by atoms with Crippen LogP contribution in [0, 0.1) is 6.92 Å². The predicted molar refractivity (Wildman–Crippen MR) is 118 cm³/mol. The van der Waals surface area contributed by atoms with Gasteiger partial charge in [0.1, 0.15) is 23.3 Å². The first-order valence-electron chi connectivity index (χ1n) is 9.28. The molecule has 0 saturated carbocycles. The zero-order valence-electron chi connectivity index (χ0n) is 16.6. The van der Waals surface area contributed by atoms with E-state index in [4.69, 9.17) is 32.4 Å². The number of methoxy groups -OCH3 is 1. The van der Waals surface area contributed by atoms with E-state index in [2.05, 4.69) is 0 Å². The molecule has 2 heterocycles. The van der Waals surface area contributed by atoms with E-state index in [0.29, 0.717) is 27.2 Å². The molecule has 31 heavy (non-hydrogen) atoms. The molecule has 1 atom stereocenters.